The summed E-state index contributed by atoms with van der Waals surface area (Å²) in [5.74, 6) is 0.567. The normalized spacial score (nSPS) is 16.2. The summed E-state index contributed by atoms with van der Waals surface area (Å²) in [5, 5.41) is 12.6. The van der Waals surface area contributed by atoms with Crippen LogP contribution in [-0.2, 0) is 6.54 Å². The Morgan fingerprint density at radius 3 is 2.97 bits per heavy atom. The SMILES string of the molecule is Cc1ncccc1-n1nc2c(c1C)Nc1ncc3c(Cl)nn(c3n1)C[C@@H](F)CO2. The van der Waals surface area contributed by atoms with Crippen LogP contribution in [0.1, 0.15) is 11.4 Å². The van der Waals surface area contributed by atoms with E-state index in [9.17, 15) is 4.39 Å². The van der Waals surface area contributed by atoms with Crippen LogP contribution < -0.4 is 10.1 Å². The van der Waals surface area contributed by atoms with E-state index in [1.165, 1.54) is 4.68 Å². The van der Waals surface area contributed by atoms with Crippen LogP contribution >= 0.6 is 11.6 Å². The van der Waals surface area contributed by atoms with Crippen molar-refractivity contribution in [3.05, 3.63) is 41.1 Å². The van der Waals surface area contributed by atoms with Gasteiger partial charge in [-0.3, -0.25) is 4.98 Å². The van der Waals surface area contributed by atoms with Gasteiger partial charge in [-0.15, -0.1) is 5.10 Å². The Morgan fingerprint density at radius 1 is 1.28 bits per heavy atom. The van der Waals surface area contributed by atoms with Crippen LogP contribution in [0, 0.1) is 13.8 Å². The van der Waals surface area contributed by atoms with E-state index < -0.39 is 6.17 Å². The van der Waals surface area contributed by atoms with Gasteiger partial charge in [0.2, 0.25) is 5.95 Å². The number of rotatable bonds is 1. The third-order valence-corrected chi connectivity index (χ3v) is 5.02. The summed E-state index contributed by atoms with van der Waals surface area (Å²) >= 11 is 6.13. The van der Waals surface area contributed by atoms with Gasteiger partial charge in [-0.2, -0.15) is 10.1 Å². The van der Waals surface area contributed by atoms with Crippen molar-refractivity contribution in [2.24, 2.45) is 0 Å². The second-order valence-electron chi connectivity index (χ2n) is 6.72. The third kappa shape index (κ3) is 2.96. The van der Waals surface area contributed by atoms with Crippen LogP contribution in [0.5, 0.6) is 5.88 Å². The van der Waals surface area contributed by atoms with E-state index in [1.54, 1.807) is 17.1 Å². The maximum absolute atomic E-state index is 14.6. The van der Waals surface area contributed by atoms with Crippen molar-refractivity contribution in [1.29, 1.82) is 0 Å². The quantitative estimate of drug-likeness (QED) is 0.511. The van der Waals surface area contributed by atoms with Gasteiger partial charge < -0.3 is 10.1 Å². The van der Waals surface area contributed by atoms with Gasteiger partial charge in [0.1, 0.15) is 12.3 Å². The van der Waals surface area contributed by atoms with E-state index in [1.807, 2.05) is 26.0 Å². The molecule has 0 amide bonds. The van der Waals surface area contributed by atoms with Gasteiger partial charge in [0, 0.05) is 12.4 Å². The summed E-state index contributed by atoms with van der Waals surface area (Å²) in [6, 6.07) is 3.73. The zero-order valence-electron chi connectivity index (χ0n) is 15.6. The molecule has 0 fully saturated rings. The van der Waals surface area contributed by atoms with Crippen LogP contribution in [0.2, 0.25) is 5.15 Å². The fourth-order valence-corrected chi connectivity index (χ4v) is 3.51. The van der Waals surface area contributed by atoms with Gasteiger partial charge in [0.25, 0.3) is 5.88 Å². The first-order valence-electron chi connectivity index (χ1n) is 8.96. The van der Waals surface area contributed by atoms with Gasteiger partial charge in [-0.25, -0.2) is 18.7 Å². The number of anilines is 2. The smallest absolute Gasteiger partial charge is 0.257 e. The molecule has 4 aromatic heterocycles. The summed E-state index contributed by atoms with van der Waals surface area (Å²) in [5.41, 5.74) is 3.36. The molecule has 1 aliphatic rings. The molecule has 2 bridgehead atoms. The molecule has 0 aliphatic carbocycles. The van der Waals surface area contributed by atoms with E-state index in [0.717, 1.165) is 17.1 Å². The number of halogens is 2. The molecule has 9 nitrogen and oxygen atoms in total. The lowest BCUT2D eigenvalue weighted by molar-refractivity contribution is 0.171. The number of ether oxygens (including phenoxy) is 1. The van der Waals surface area contributed by atoms with Gasteiger partial charge >= 0.3 is 0 Å². The Labute approximate surface area is 169 Å². The molecule has 0 saturated heterocycles. The molecule has 5 heterocycles. The van der Waals surface area contributed by atoms with Crippen LogP contribution in [-0.4, -0.2) is 47.3 Å². The summed E-state index contributed by atoms with van der Waals surface area (Å²) in [4.78, 5) is 13.1. The maximum atomic E-state index is 14.6. The van der Waals surface area contributed by atoms with Crippen LogP contribution in [0.4, 0.5) is 16.0 Å². The fraction of sp³-hybridized carbons (Fsp3) is 0.278. The van der Waals surface area contributed by atoms with E-state index >= 15 is 0 Å². The molecule has 1 aliphatic heterocycles. The number of aromatic nitrogens is 7. The van der Waals surface area contributed by atoms with Gasteiger partial charge in [0.15, 0.2) is 17.0 Å². The van der Waals surface area contributed by atoms with E-state index in [0.29, 0.717) is 22.7 Å². The molecular formula is C18H16ClFN8O. The minimum atomic E-state index is -1.33. The first kappa shape index (κ1) is 17.8. The number of hydrogen-bond acceptors (Lipinski definition) is 7. The molecule has 0 saturated carbocycles. The van der Waals surface area contributed by atoms with Crippen molar-refractivity contribution in [3.63, 3.8) is 0 Å². The lowest BCUT2D eigenvalue weighted by atomic mass is 10.3. The zero-order chi connectivity index (χ0) is 20.1. The Hall–Kier alpha value is -3.27. The predicted octanol–water partition coefficient (Wildman–Crippen LogP) is 3.15. The predicted molar refractivity (Wildman–Crippen MR) is 105 cm³/mol. The average molecular weight is 415 g/mol. The maximum Gasteiger partial charge on any atom is 0.257 e. The summed E-state index contributed by atoms with van der Waals surface area (Å²) < 4.78 is 23.5. The molecule has 29 heavy (non-hydrogen) atoms. The highest BCUT2D eigenvalue weighted by molar-refractivity contribution is 6.34. The molecule has 5 rings (SSSR count). The largest absolute Gasteiger partial charge is 0.472 e. The van der Waals surface area contributed by atoms with Crippen molar-refractivity contribution >= 4 is 34.3 Å². The Balaban J connectivity index is 1.67. The highest BCUT2D eigenvalue weighted by Crippen LogP contribution is 2.33. The second kappa shape index (κ2) is 6.66. The molecule has 0 spiro atoms. The number of hydrogen-bond donors (Lipinski definition) is 1. The lowest BCUT2D eigenvalue weighted by Gasteiger charge is -2.09. The van der Waals surface area contributed by atoms with Crippen molar-refractivity contribution in [2.75, 3.05) is 11.9 Å². The summed E-state index contributed by atoms with van der Waals surface area (Å²) in [6.07, 6.45) is 1.95. The number of pyridine rings is 1. The van der Waals surface area contributed by atoms with Crippen molar-refractivity contribution < 1.29 is 9.13 Å². The van der Waals surface area contributed by atoms with Crippen LogP contribution in [0.3, 0.4) is 0 Å². The first-order chi connectivity index (χ1) is 14.0. The van der Waals surface area contributed by atoms with Crippen LogP contribution in [0.15, 0.2) is 24.5 Å². The molecule has 148 valence electrons. The van der Waals surface area contributed by atoms with Crippen molar-refractivity contribution in [3.8, 4) is 11.6 Å². The topological polar surface area (TPSA) is 95.6 Å². The van der Waals surface area contributed by atoms with Gasteiger partial charge in [0.05, 0.1) is 29.0 Å². The Bertz CT molecular complexity index is 1240. The second-order valence-corrected chi connectivity index (χ2v) is 7.08. The highest BCUT2D eigenvalue weighted by Gasteiger charge is 2.23. The summed E-state index contributed by atoms with van der Waals surface area (Å²) in [7, 11) is 0. The molecule has 0 aromatic carbocycles. The zero-order valence-corrected chi connectivity index (χ0v) is 16.4. The van der Waals surface area contributed by atoms with Crippen LogP contribution in [0.25, 0.3) is 16.7 Å². The first-order valence-corrected chi connectivity index (χ1v) is 9.33. The highest BCUT2D eigenvalue weighted by atomic mass is 35.5. The number of nitrogens with zero attached hydrogens (tertiary/aromatic N) is 7. The molecule has 1 atom stereocenters. The average Bonchev–Trinajstić information content (AvgIpc) is 3.17. The number of alkyl halides is 1. The van der Waals surface area contributed by atoms with Gasteiger partial charge in [-0.05, 0) is 26.0 Å². The number of aryl methyl sites for hydroxylation is 1. The summed E-state index contributed by atoms with van der Waals surface area (Å²) in [6.45, 7) is 3.53. The van der Waals surface area contributed by atoms with Crippen molar-refractivity contribution in [1.82, 2.24) is 34.5 Å². The Morgan fingerprint density at radius 2 is 2.14 bits per heavy atom. The third-order valence-electron chi connectivity index (χ3n) is 4.74. The molecular weight excluding hydrogens is 399 g/mol. The molecule has 0 radical (unpaired) electrons. The standard InChI is InChI=1S/C18H16ClFN8O/c1-9-13(4-3-5-21-9)28-10(2)14-17(26-28)29-8-11(20)7-27-16-12(15(19)25-27)6-22-18(23-14)24-16/h3-6,11H,7-8H2,1-2H3,(H,22,23,24)/t11-/m1/s1. The van der Waals surface area contributed by atoms with Gasteiger partial charge in [-0.1, -0.05) is 11.6 Å². The minimum absolute atomic E-state index is 0.0452. The Kier molecular flexibility index (Phi) is 4.09. The molecule has 0 unspecified atom stereocenters. The van der Waals surface area contributed by atoms with E-state index in [4.69, 9.17) is 16.3 Å². The van der Waals surface area contributed by atoms with E-state index in [2.05, 4.69) is 30.5 Å². The lowest BCUT2D eigenvalue weighted by Crippen LogP contribution is -2.20. The fourth-order valence-electron chi connectivity index (χ4n) is 3.29. The minimum Gasteiger partial charge on any atom is -0.472 e. The van der Waals surface area contributed by atoms with Crippen molar-refractivity contribution in [2.45, 2.75) is 26.6 Å². The monoisotopic (exact) mass is 414 g/mol. The number of fused-ring (bicyclic) bond motifs is 2. The molecule has 4 aromatic rings. The number of nitrogens with one attached hydrogen (secondary N) is 1. The molecule has 1 N–H and O–H groups in total. The van der Waals surface area contributed by atoms with E-state index in [-0.39, 0.29) is 24.2 Å². The molecule has 11 heteroatoms.